The Balaban J connectivity index is 2.20. The van der Waals surface area contributed by atoms with Crippen LogP contribution >= 0.6 is 0 Å². The molecule has 0 amide bonds. The molecular weight excluding hydrogens is 210 g/mol. The molecule has 16 heavy (non-hydrogen) atoms. The zero-order valence-electron chi connectivity index (χ0n) is 9.62. The van der Waals surface area contributed by atoms with Crippen molar-refractivity contribution in [3.63, 3.8) is 0 Å². The minimum absolute atomic E-state index is 0.230. The molecule has 2 N–H and O–H groups in total. The predicted molar refractivity (Wildman–Crippen MR) is 56.9 cm³/mol. The summed E-state index contributed by atoms with van der Waals surface area (Å²) in [7, 11) is 0. The van der Waals surface area contributed by atoms with Crippen molar-refractivity contribution in [3.8, 4) is 0 Å². The van der Waals surface area contributed by atoms with Crippen molar-refractivity contribution < 1.29 is 19.4 Å². The molecule has 2 aliphatic heterocycles. The van der Waals surface area contributed by atoms with Crippen LogP contribution < -0.4 is 5.32 Å². The molecule has 2 fully saturated rings. The Hall–Kier alpha value is -0.650. The summed E-state index contributed by atoms with van der Waals surface area (Å²) >= 11 is 0. The monoisotopic (exact) mass is 229 g/mol. The SMILES string of the molecule is CCOC(=O)C1(C2(O)COC2)CCCNC1. The summed E-state index contributed by atoms with van der Waals surface area (Å²) in [5, 5.41) is 13.6. The first-order valence-electron chi connectivity index (χ1n) is 5.83. The summed E-state index contributed by atoms with van der Waals surface area (Å²) in [5.74, 6) is -0.298. The number of carbonyl (C=O) groups is 1. The van der Waals surface area contributed by atoms with Gasteiger partial charge in [-0.1, -0.05) is 0 Å². The Bertz CT molecular complexity index is 269. The summed E-state index contributed by atoms with van der Waals surface area (Å²) in [6, 6.07) is 0. The molecule has 5 heteroatoms. The van der Waals surface area contributed by atoms with Gasteiger partial charge in [0.25, 0.3) is 0 Å². The molecule has 0 aromatic carbocycles. The van der Waals surface area contributed by atoms with E-state index >= 15 is 0 Å². The molecule has 0 bridgehead atoms. The van der Waals surface area contributed by atoms with Crippen molar-refractivity contribution in [1.29, 1.82) is 0 Å². The van der Waals surface area contributed by atoms with Gasteiger partial charge in [0, 0.05) is 6.54 Å². The highest BCUT2D eigenvalue weighted by Crippen LogP contribution is 2.43. The zero-order chi connectivity index (χ0) is 11.6. The highest BCUT2D eigenvalue weighted by Gasteiger charge is 2.60. The minimum atomic E-state index is -1.05. The third-order valence-electron chi connectivity index (χ3n) is 3.62. The van der Waals surface area contributed by atoms with Gasteiger partial charge >= 0.3 is 5.97 Å². The van der Waals surface area contributed by atoms with Crippen LogP contribution in [0, 0.1) is 5.41 Å². The lowest BCUT2D eigenvalue weighted by molar-refractivity contribution is -0.249. The fraction of sp³-hybridized carbons (Fsp3) is 0.909. The maximum absolute atomic E-state index is 12.1. The van der Waals surface area contributed by atoms with E-state index in [-0.39, 0.29) is 19.2 Å². The van der Waals surface area contributed by atoms with Gasteiger partial charge in [0.15, 0.2) is 0 Å². The van der Waals surface area contributed by atoms with Crippen LogP contribution in [-0.2, 0) is 14.3 Å². The van der Waals surface area contributed by atoms with Gasteiger partial charge in [0.2, 0.25) is 0 Å². The summed E-state index contributed by atoms with van der Waals surface area (Å²) in [4.78, 5) is 12.1. The third kappa shape index (κ3) is 1.63. The number of aliphatic hydroxyl groups is 1. The summed E-state index contributed by atoms with van der Waals surface area (Å²) in [6.45, 7) is 3.95. The van der Waals surface area contributed by atoms with Crippen molar-refractivity contribution >= 4 is 5.97 Å². The number of nitrogens with one attached hydrogen (secondary N) is 1. The molecule has 2 heterocycles. The predicted octanol–water partition coefficient (Wildman–Crippen LogP) is -0.319. The van der Waals surface area contributed by atoms with Gasteiger partial charge in [0.1, 0.15) is 11.0 Å². The van der Waals surface area contributed by atoms with Crippen LogP contribution in [0.3, 0.4) is 0 Å². The number of hydrogen-bond acceptors (Lipinski definition) is 5. The van der Waals surface area contributed by atoms with Gasteiger partial charge in [-0.15, -0.1) is 0 Å². The van der Waals surface area contributed by atoms with E-state index in [1.807, 2.05) is 0 Å². The lowest BCUT2D eigenvalue weighted by Crippen LogP contribution is -2.69. The van der Waals surface area contributed by atoms with Crippen molar-refractivity contribution in [2.45, 2.75) is 25.4 Å². The summed E-state index contributed by atoms with van der Waals surface area (Å²) < 4.78 is 10.2. The standard InChI is InChI=1S/C11H19NO4/c1-2-16-9(13)10(4-3-5-12-6-10)11(14)7-15-8-11/h12,14H,2-8H2,1H3. The molecule has 2 saturated heterocycles. The molecule has 0 spiro atoms. The van der Waals surface area contributed by atoms with E-state index in [9.17, 15) is 9.90 Å². The fourth-order valence-corrected chi connectivity index (χ4v) is 2.51. The summed E-state index contributed by atoms with van der Waals surface area (Å²) in [5.41, 5.74) is -1.87. The van der Waals surface area contributed by atoms with E-state index in [2.05, 4.69) is 5.32 Å². The molecule has 0 aromatic rings. The van der Waals surface area contributed by atoms with Crippen LogP contribution in [0.15, 0.2) is 0 Å². The molecule has 2 aliphatic rings. The normalized spacial score (nSPS) is 32.9. The van der Waals surface area contributed by atoms with Crippen LogP contribution in [-0.4, -0.2) is 49.6 Å². The van der Waals surface area contributed by atoms with Gasteiger partial charge in [-0.05, 0) is 26.3 Å². The van der Waals surface area contributed by atoms with Crippen molar-refractivity contribution in [2.24, 2.45) is 5.41 Å². The number of hydrogen-bond donors (Lipinski definition) is 2. The van der Waals surface area contributed by atoms with Gasteiger partial charge in [-0.2, -0.15) is 0 Å². The number of rotatable bonds is 3. The number of ether oxygens (including phenoxy) is 2. The van der Waals surface area contributed by atoms with E-state index in [0.717, 1.165) is 13.0 Å². The Labute approximate surface area is 95.1 Å². The molecule has 2 rings (SSSR count). The van der Waals surface area contributed by atoms with Crippen molar-refractivity contribution in [1.82, 2.24) is 5.32 Å². The first kappa shape index (κ1) is 11.8. The average Bonchev–Trinajstić information content (AvgIpc) is 2.27. The lowest BCUT2D eigenvalue weighted by atomic mass is 9.66. The molecule has 0 aliphatic carbocycles. The molecule has 0 radical (unpaired) electrons. The molecule has 1 atom stereocenters. The van der Waals surface area contributed by atoms with Crippen molar-refractivity contribution in [3.05, 3.63) is 0 Å². The summed E-state index contributed by atoms with van der Waals surface area (Å²) in [6.07, 6.45) is 1.54. The van der Waals surface area contributed by atoms with E-state index in [1.54, 1.807) is 6.92 Å². The lowest BCUT2D eigenvalue weighted by Gasteiger charge is -2.51. The largest absolute Gasteiger partial charge is 0.465 e. The molecular formula is C11H19NO4. The molecule has 0 saturated carbocycles. The number of esters is 1. The number of carbonyl (C=O) groups excluding carboxylic acids is 1. The molecule has 1 unspecified atom stereocenters. The first-order chi connectivity index (χ1) is 7.65. The van der Waals surface area contributed by atoms with Gasteiger partial charge in [-0.25, -0.2) is 0 Å². The van der Waals surface area contributed by atoms with Gasteiger partial charge in [0.05, 0.1) is 19.8 Å². The molecule has 92 valence electrons. The van der Waals surface area contributed by atoms with Crippen LogP contribution in [0.25, 0.3) is 0 Å². The highest BCUT2D eigenvalue weighted by atomic mass is 16.6. The Morgan fingerprint density at radius 2 is 2.31 bits per heavy atom. The van der Waals surface area contributed by atoms with Gasteiger partial charge < -0.3 is 19.9 Å². The van der Waals surface area contributed by atoms with Crippen LogP contribution in [0.2, 0.25) is 0 Å². The van der Waals surface area contributed by atoms with E-state index < -0.39 is 11.0 Å². The second kappa shape index (κ2) is 4.31. The van der Waals surface area contributed by atoms with Crippen LogP contribution in [0.4, 0.5) is 0 Å². The zero-order valence-corrected chi connectivity index (χ0v) is 9.62. The molecule has 5 nitrogen and oxygen atoms in total. The fourth-order valence-electron chi connectivity index (χ4n) is 2.51. The van der Waals surface area contributed by atoms with E-state index in [4.69, 9.17) is 9.47 Å². The van der Waals surface area contributed by atoms with Crippen LogP contribution in [0.1, 0.15) is 19.8 Å². The third-order valence-corrected chi connectivity index (χ3v) is 3.62. The Morgan fingerprint density at radius 3 is 2.75 bits per heavy atom. The smallest absolute Gasteiger partial charge is 0.316 e. The highest BCUT2D eigenvalue weighted by molar-refractivity contribution is 5.79. The quantitative estimate of drug-likeness (QED) is 0.649. The van der Waals surface area contributed by atoms with E-state index in [0.29, 0.717) is 19.6 Å². The Morgan fingerprint density at radius 1 is 1.56 bits per heavy atom. The maximum atomic E-state index is 12.1. The second-order valence-electron chi connectivity index (χ2n) is 4.61. The number of piperidine rings is 1. The molecule has 0 aromatic heterocycles. The maximum Gasteiger partial charge on any atom is 0.316 e. The van der Waals surface area contributed by atoms with Crippen LogP contribution in [0.5, 0.6) is 0 Å². The topological polar surface area (TPSA) is 67.8 Å². The minimum Gasteiger partial charge on any atom is -0.465 e. The second-order valence-corrected chi connectivity index (χ2v) is 4.61. The average molecular weight is 229 g/mol. The van der Waals surface area contributed by atoms with E-state index in [1.165, 1.54) is 0 Å². The first-order valence-corrected chi connectivity index (χ1v) is 5.83. The van der Waals surface area contributed by atoms with Crippen molar-refractivity contribution in [2.75, 3.05) is 32.9 Å². The Kier molecular flexibility index (Phi) is 3.19. The van der Waals surface area contributed by atoms with Gasteiger partial charge in [-0.3, -0.25) is 4.79 Å².